The number of hydrogen-bond donors (Lipinski definition) is 2. The van der Waals surface area contributed by atoms with Crippen LogP contribution in [0.5, 0.6) is 0 Å². The van der Waals surface area contributed by atoms with Crippen molar-refractivity contribution >= 4 is 5.96 Å². The van der Waals surface area contributed by atoms with E-state index in [0.717, 1.165) is 18.9 Å². The van der Waals surface area contributed by atoms with Crippen LogP contribution in [0.1, 0.15) is 16.7 Å². The third-order valence-electron chi connectivity index (χ3n) is 5.31. The summed E-state index contributed by atoms with van der Waals surface area (Å²) in [6, 6.07) is 27.6. The molecule has 0 amide bonds. The largest absolute Gasteiger partial charge is 0.356 e. The zero-order valence-corrected chi connectivity index (χ0v) is 18.3. The molecule has 6 nitrogen and oxygen atoms in total. The van der Waals surface area contributed by atoms with E-state index >= 15 is 0 Å². The molecule has 0 saturated heterocycles. The number of nitrogens with one attached hydrogen (secondary N) is 2. The lowest BCUT2D eigenvalue weighted by atomic mass is 9.98. The van der Waals surface area contributed by atoms with Crippen molar-refractivity contribution in [1.82, 2.24) is 25.4 Å². The first kappa shape index (κ1) is 21.3. The fourth-order valence-corrected chi connectivity index (χ4v) is 3.62. The predicted octanol–water partition coefficient (Wildman–Crippen LogP) is 3.90. The standard InChI is InChI=1S/C26H28N6/c1-27-26(29-16-15-21-7-3-2-4-8-21)30-17-24-9-5-6-10-25(24)23-13-11-22(12-14-23)18-32-20-28-19-31-32/h2-14,19-20H,15-18H2,1H3,(H2,27,29,30). The summed E-state index contributed by atoms with van der Waals surface area (Å²) >= 11 is 0. The highest BCUT2D eigenvalue weighted by atomic mass is 15.3. The van der Waals surface area contributed by atoms with Gasteiger partial charge in [-0.05, 0) is 34.2 Å². The molecule has 0 spiro atoms. The number of aliphatic imine (C=N–C) groups is 1. The summed E-state index contributed by atoms with van der Waals surface area (Å²) in [6.07, 6.45) is 4.25. The Labute approximate surface area is 189 Å². The lowest BCUT2D eigenvalue weighted by Crippen LogP contribution is -2.37. The second-order valence-electron chi connectivity index (χ2n) is 7.54. The normalized spacial score (nSPS) is 11.3. The van der Waals surface area contributed by atoms with E-state index in [2.05, 4.69) is 98.5 Å². The zero-order valence-electron chi connectivity index (χ0n) is 18.3. The summed E-state index contributed by atoms with van der Waals surface area (Å²) in [5, 5.41) is 11.0. The first-order valence-corrected chi connectivity index (χ1v) is 10.8. The van der Waals surface area contributed by atoms with Gasteiger partial charge >= 0.3 is 0 Å². The molecule has 0 atom stereocenters. The van der Waals surface area contributed by atoms with Crippen molar-refractivity contribution in [3.05, 3.63) is 108 Å². The molecule has 0 aliphatic rings. The summed E-state index contributed by atoms with van der Waals surface area (Å²) in [4.78, 5) is 8.37. The molecule has 32 heavy (non-hydrogen) atoms. The van der Waals surface area contributed by atoms with Gasteiger partial charge in [0.25, 0.3) is 0 Å². The first-order chi connectivity index (χ1) is 15.8. The van der Waals surface area contributed by atoms with E-state index in [0.29, 0.717) is 13.1 Å². The van der Waals surface area contributed by atoms with Crippen LogP contribution < -0.4 is 10.6 Å². The lowest BCUT2D eigenvalue weighted by molar-refractivity contribution is 0.685. The van der Waals surface area contributed by atoms with Gasteiger partial charge in [0.1, 0.15) is 12.7 Å². The molecular formula is C26H28N6. The summed E-state index contributed by atoms with van der Waals surface area (Å²) in [5.74, 6) is 0.805. The van der Waals surface area contributed by atoms with Crippen LogP contribution in [0.15, 0.2) is 96.5 Å². The molecule has 0 saturated carbocycles. The van der Waals surface area contributed by atoms with E-state index < -0.39 is 0 Å². The van der Waals surface area contributed by atoms with Gasteiger partial charge in [0.2, 0.25) is 0 Å². The van der Waals surface area contributed by atoms with Crippen LogP contribution in [0.2, 0.25) is 0 Å². The van der Waals surface area contributed by atoms with Crippen LogP contribution in [0, 0.1) is 0 Å². The maximum absolute atomic E-state index is 4.36. The summed E-state index contributed by atoms with van der Waals surface area (Å²) < 4.78 is 1.82. The fourth-order valence-electron chi connectivity index (χ4n) is 3.62. The highest BCUT2D eigenvalue weighted by molar-refractivity contribution is 5.80. The maximum atomic E-state index is 4.36. The van der Waals surface area contributed by atoms with Crippen molar-refractivity contribution in [2.24, 2.45) is 4.99 Å². The molecule has 4 rings (SSSR count). The van der Waals surface area contributed by atoms with Crippen molar-refractivity contribution in [3.63, 3.8) is 0 Å². The predicted molar refractivity (Wildman–Crippen MR) is 129 cm³/mol. The van der Waals surface area contributed by atoms with Gasteiger partial charge in [-0.15, -0.1) is 0 Å². The molecule has 0 aliphatic carbocycles. The Morgan fingerprint density at radius 3 is 2.41 bits per heavy atom. The summed E-state index contributed by atoms with van der Waals surface area (Å²) in [7, 11) is 1.80. The van der Waals surface area contributed by atoms with Crippen molar-refractivity contribution in [2.75, 3.05) is 13.6 Å². The third-order valence-corrected chi connectivity index (χ3v) is 5.31. The minimum atomic E-state index is 0.696. The smallest absolute Gasteiger partial charge is 0.191 e. The van der Waals surface area contributed by atoms with Gasteiger partial charge < -0.3 is 10.6 Å². The fraction of sp³-hybridized carbons (Fsp3) is 0.192. The molecule has 3 aromatic carbocycles. The van der Waals surface area contributed by atoms with Crippen LogP contribution in [0.25, 0.3) is 11.1 Å². The van der Waals surface area contributed by atoms with Crippen molar-refractivity contribution in [1.29, 1.82) is 0 Å². The van der Waals surface area contributed by atoms with E-state index in [-0.39, 0.29) is 0 Å². The second kappa shape index (κ2) is 10.9. The van der Waals surface area contributed by atoms with Gasteiger partial charge in [-0.25, -0.2) is 9.67 Å². The molecule has 1 heterocycles. The maximum Gasteiger partial charge on any atom is 0.191 e. The molecule has 2 N–H and O–H groups in total. The van der Waals surface area contributed by atoms with Crippen LogP contribution in [0.3, 0.4) is 0 Å². The molecule has 0 fully saturated rings. The van der Waals surface area contributed by atoms with Crippen LogP contribution in [-0.4, -0.2) is 34.3 Å². The van der Waals surface area contributed by atoms with E-state index in [9.17, 15) is 0 Å². The molecule has 6 heteroatoms. The number of benzene rings is 3. The Hall–Kier alpha value is -3.93. The molecule has 0 unspecified atom stereocenters. The zero-order chi connectivity index (χ0) is 22.0. The van der Waals surface area contributed by atoms with E-state index in [4.69, 9.17) is 0 Å². The molecule has 0 radical (unpaired) electrons. The monoisotopic (exact) mass is 424 g/mol. The lowest BCUT2D eigenvalue weighted by Gasteiger charge is -2.15. The van der Waals surface area contributed by atoms with Crippen LogP contribution in [-0.2, 0) is 19.5 Å². The highest BCUT2D eigenvalue weighted by Crippen LogP contribution is 2.24. The van der Waals surface area contributed by atoms with Gasteiger partial charge in [0.05, 0.1) is 6.54 Å². The highest BCUT2D eigenvalue weighted by Gasteiger charge is 2.06. The second-order valence-corrected chi connectivity index (χ2v) is 7.54. The molecule has 162 valence electrons. The Balaban J connectivity index is 1.36. The Morgan fingerprint density at radius 1 is 0.875 bits per heavy atom. The van der Waals surface area contributed by atoms with E-state index in [1.165, 1.54) is 27.8 Å². The van der Waals surface area contributed by atoms with Crippen LogP contribution in [0.4, 0.5) is 0 Å². The van der Waals surface area contributed by atoms with Crippen molar-refractivity contribution in [2.45, 2.75) is 19.5 Å². The average Bonchev–Trinajstić information content (AvgIpc) is 3.36. The molecular weight excluding hydrogens is 396 g/mol. The minimum Gasteiger partial charge on any atom is -0.356 e. The number of aromatic nitrogens is 3. The van der Waals surface area contributed by atoms with Crippen molar-refractivity contribution < 1.29 is 0 Å². The summed E-state index contributed by atoms with van der Waals surface area (Å²) in [5.41, 5.74) is 6.14. The van der Waals surface area contributed by atoms with Gasteiger partial charge in [-0.1, -0.05) is 78.9 Å². The third kappa shape index (κ3) is 5.82. The van der Waals surface area contributed by atoms with Crippen molar-refractivity contribution in [3.8, 4) is 11.1 Å². The van der Waals surface area contributed by atoms with E-state index in [1.54, 1.807) is 19.7 Å². The number of rotatable bonds is 8. The Bertz CT molecular complexity index is 1120. The SMILES string of the molecule is CN=C(NCCc1ccccc1)NCc1ccccc1-c1ccc(Cn2cncn2)cc1. The quantitative estimate of drug-likeness (QED) is 0.333. The number of guanidine groups is 1. The average molecular weight is 425 g/mol. The first-order valence-electron chi connectivity index (χ1n) is 10.8. The minimum absolute atomic E-state index is 0.696. The Morgan fingerprint density at radius 2 is 1.66 bits per heavy atom. The Kier molecular flexibility index (Phi) is 7.26. The number of nitrogens with zero attached hydrogens (tertiary/aromatic N) is 4. The summed E-state index contributed by atoms with van der Waals surface area (Å²) in [6.45, 7) is 2.24. The number of hydrogen-bond acceptors (Lipinski definition) is 3. The van der Waals surface area contributed by atoms with Gasteiger partial charge in [0.15, 0.2) is 5.96 Å². The molecule has 4 aromatic rings. The van der Waals surface area contributed by atoms with Crippen LogP contribution >= 0.6 is 0 Å². The van der Waals surface area contributed by atoms with Gasteiger partial charge in [-0.2, -0.15) is 5.10 Å². The van der Waals surface area contributed by atoms with Gasteiger partial charge in [-0.3, -0.25) is 4.99 Å². The molecule has 1 aromatic heterocycles. The molecule has 0 bridgehead atoms. The molecule has 0 aliphatic heterocycles. The topological polar surface area (TPSA) is 67.1 Å². The van der Waals surface area contributed by atoms with Gasteiger partial charge in [0, 0.05) is 20.1 Å². The van der Waals surface area contributed by atoms with E-state index in [1.807, 2.05) is 10.7 Å².